The number of carboxylic acid groups (broad SMARTS) is 1. The van der Waals surface area contributed by atoms with Gasteiger partial charge in [-0.3, -0.25) is 9.59 Å². The molecule has 8 heteroatoms. The molecule has 8 nitrogen and oxygen atoms in total. The van der Waals surface area contributed by atoms with Crippen LogP contribution in [0.1, 0.15) is 181 Å². The van der Waals surface area contributed by atoms with Gasteiger partial charge in [0.25, 0.3) is 0 Å². The second-order valence-corrected chi connectivity index (χ2v) is 17.7. The third-order valence-electron chi connectivity index (χ3n) is 10.7. The smallest absolute Gasteiger partial charge is 0.362 e. The molecule has 0 amide bonds. The highest BCUT2D eigenvalue weighted by Crippen LogP contribution is 2.14. The van der Waals surface area contributed by atoms with Crippen molar-refractivity contribution in [2.24, 2.45) is 0 Å². The van der Waals surface area contributed by atoms with Crippen molar-refractivity contribution >= 4 is 17.9 Å². The number of unbranched alkanes of at least 4 members (excludes halogenated alkanes) is 12. The highest BCUT2D eigenvalue weighted by atomic mass is 16.6. The Morgan fingerprint density at radius 3 is 1.25 bits per heavy atom. The number of nitrogens with zero attached hydrogens (tertiary/aromatic N) is 1. The van der Waals surface area contributed by atoms with Gasteiger partial charge in [-0.25, -0.2) is 4.79 Å². The summed E-state index contributed by atoms with van der Waals surface area (Å²) in [4.78, 5) is 37.2. The standard InChI is InChI=1S/C57H93NO7/c1-6-8-10-12-14-16-18-20-22-24-26-28-30-32-34-36-38-40-42-44-46-48-56(60)65-53(51-63-50-49-54(57(61)62)58(3,4)5)52-64-55(59)47-45-43-41-39-37-35-33-31-29-27-25-23-21-19-17-15-13-11-9-7-2/h8-11,14-17,20-23,27,29,33,35,39,41,53-54H,6-7,12-13,18-19,24-26,28,30-32,34,36-38,40,42-52H2,1-5H3/p+1/b10-8+,11-9+,16-14+,17-15+,22-20+,23-21+,29-27+,35-33+,41-39+. The Hall–Kier alpha value is -4.01. The maximum atomic E-state index is 12.8. The fourth-order valence-corrected chi connectivity index (χ4v) is 6.82. The Morgan fingerprint density at radius 2 is 0.831 bits per heavy atom. The normalized spacial score (nSPS) is 13.8. The lowest BCUT2D eigenvalue weighted by Gasteiger charge is -2.31. The molecular weight excluding hydrogens is 811 g/mol. The summed E-state index contributed by atoms with van der Waals surface area (Å²) in [5, 5.41) is 9.66. The minimum Gasteiger partial charge on any atom is -0.477 e. The molecule has 0 radical (unpaired) electrons. The zero-order valence-electron chi connectivity index (χ0n) is 41.9. The summed E-state index contributed by atoms with van der Waals surface area (Å²) in [6.45, 7) is 4.44. The van der Waals surface area contributed by atoms with E-state index in [1.165, 1.54) is 57.8 Å². The molecule has 0 aromatic carbocycles. The van der Waals surface area contributed by atoms with Gasteiger partial charge in [0.2, 0.25) is 0 Å². The highest BCUT2D eigenvalue weighted by molar-refractivity contribution is 5.72. The first-order chi connectivity index (χ1) is 31.6. The van der Waals surface area contributed by atoms with E-state index >= 15 is 0 Å². The molecule has 0 fully saturated rings. The topological polar surface area (TPSA) is 99.1 Å². The number of esters is 2. The van der Waals surface area contributed by atoms with Gasteiger partial charge in [0, 0.05) is 19.3 Å². The Labute approximate surface area is 398 Å². The molecule has 0 aromatic heterocycles. The van der Waals surface area contributed by atoms with Crippen LogP contribution in [0, 0.1) is 0 Å². The highest BCUT2D eigenvalue weighted by Gasteiger charge is 2.31. The van der Waals surface area contributed by atoms with Crippen molar-refractivity contribution in [2.45, 2.75) is 193 Å². The van der Waals surface area contributed by atoms with E-state index in [2.05, 4.69) is 123 Å². The van der Waals surface area contributed by atoms with Gasteiger partial charge in [-0.15, -0.1) is 0 Å². The predicted molar refractivity (Wildman–Crippen MR) is 275 cm³/mol. The van der Waals surface area contributed by atoms with Crippen LogP contribution in [-0.2, 0) is 28.6 Å². The molecular formula is C57H94NO7+. The third kappa shape index (κ3) is 45.0. The van der Waals surface area contributed by atoms with Gasteiger partial charge in [0.05, 0.1) is 34.4 Å². The lowest BCUT2D eigenvalue weighted by atomic mass is 10.0. The largest absolute Gasteiger partial charge is 0.477 e. The maximum absolute atomic E-state index is 12.8. The number of carbonyl (C=O) groups is 3. The average Bonchev–Trinajstić information content (AvgIpc) is 3.27. The molecule has 0 rings (SSSR count). The second kappa shape index (κ2) is 46.5. The lowest BCUT2D eigenvalue weighted by Crippen LogP contribution is -2.50. The van der Waals surface area contributed by atoms with Crippen LogP contribution in [0.2, 0.25) is 0 Å². The van der Waals surface area contributed by atoms with Crippen molar-refractivity contribution in [1.29, 1.82) is 0 Å². The molecule has 65 heavy (non-hydrogen) atoms. The first kappa shape index (κ1) is 61.0. The first-order valence-electron chi connectivity index (χ1n) is 25.4. The number of likely N-dealkylation sites (N-methyl/N-ethyl adjacent to an activating group) is 1. The van der Waals surface area contributed by atoms with Gasteiger partial charge in [-0.2, -0.15) is 0 Å². The molecule has 0 heterocycles. The summed E-state index contributed by atoms with van der Waals surface area (Å²) in [7, 11) is 5.51. The number of hydrogen-bond acceptors (Lipinski definition) is 6. The lowest BCUT2D eigenvalue weighted by molar-refractivity contribution is -0.887. The van der Waals surface area contributed by atoms with E-state index in [1.54, 1.807) is 0 Å². The van der Waals surface area contributed by atoms with Crippen LogP contribution in [0.4, 0.5) is 0 Å². The molecule has 1 N–H and O–H groups in total. The minimum atomic E-state index is -0.887. The van der Waals surface area contributed by atoms with Crippen molar-refractivity contribution in [3.05, 3.63) is 109 Å². The van der Waals surface area contributed by atoms with E-state index in [0.717, 1.165) is 83.5 Å². The molecule has 0 aliphatic rings. The molecule has 368 valence electrons. The molecule has 0 saturated carbocycles. The van der Waals surface area contributed by atoms with Gasteiger partial charge >= 0.3 is 17.9 Å². The molecule has 0 aliphatic carbocycles. The van der Waals surface area contributed by atoms with Crippen molar-refractivity contribution in [3.8, 4) is 0 Å². The predicted octanol–water partition coefficient (Wildman–Crippen LogP) is 14.8. The van der Waals surface area contributed by atoms with E-state index in [1.807, 2.05) is 21.1 Å². The summed E-state index contributed by atoms with van der Waals surface area (Å²) in [5.74, 6) is -1.56. The Morgan fingerprint density at radius 1 is 0.462 bits per heavy atom. The summed E-state index contributed by atoms with van der Waals surface area (Å²) in [6, 6.07) is -0.631. The summed E-state index contributed by atoms with van der Waals surface area (Å²) >= 11 is 0. The van der Waals surface area contributed by atoms with Gasteiger partial charge in [-0.1, -0.05) is 181 Å². The van der Waals surface area contributed by atoms with E-state index < -0.39 is 18.1 Å². The maximum Gasteiger partial charge on any atom is 0.362 e. The fourth-order valence-electron chi connectivity index (χ4n) is 6.82. The molecule has 0 aromatic rings. The van der Waals surface area contributed by atoms with E-state index in [0.29, 0.717) is 19.3 Å². The zero-order valence-corrected chi connectivity index (χ0v) is 41.9. The number of ether oxygens (including phenoxy) is 3. The fraction of sp³-hybridized carbons (Fsp3) is 0.632. The van der Waals surface area contributed by atoms with Gasteiger partial charge < -0.3 is 23.8 Å². The number of quaternary nitrogens is 1. The van der Waals surface area contributed by atoms with Crippen molar-refractivity contribution < 1.29 is 38.2 Å². The van der Waals surface area contributed by atoms with Crippen LogP contribution >= 0.6 is 0 Å². The first-order valence-corrected chi connectivity index (χ1v) is 25.4. The van der Waals surface area contributed by atoms with Crippen LogP contribution in [0.15, 0.2) is 109 Å². The molecule has 2 atom stereocenters. The number of carbonyl (C=O) groups excluding carboxylic acids is 2. The molecule has 0 bridgehead atoms. The number of aliphatic carboxylic acids is 1. The van der Waals surface area contributed by atoms with Crippen LogP contribution in [0.5, 0.6) is 0 Å². The van der Waals surface area contributed by atoms with Gasteiger partial charge in [-0.05, 0) is 89.9 Å². The number of hydrogen-bond donors (Lipinski definition) is 1. The zero-order chi connectivity index (χ0) is 47.7. The minimum absolute atomic E-state index is 0.0352. The van der Waals surface area contributed by atoms with Crippen LogP contribution in [0.25, 0.3) is 0 Å². The van der Waals surface area contributed by atoms with Crippen LogP contribution in [-0.4, -0.2) is 80.6 Å². The molecule has 0 spiro atoms. The van der Waals surface area contributed by atoms with Crippen molar-refractivity contribution in [1.82, 2.24) is 0 Å². The quantitative estimate of drug-likeness (QED) is 0.0281. The summed E-state index contributed by atoms with van der Waals surface area (Å²) in [6.07, 6.45) is 64.3. The van der Waals surface area contributed by atoms with Gasteiger partial charge in [0.1, 0.15) is 6.61 Å². The van der Waals surface area contributed by atoms with E-state index in [9.17, 15) is 19.5 Å². The average molecular weight is 905 g/mol. The number of rotatable bonds is 44. The molecule has 2 unspecified atom stereocenters. The Bertz CT molecular complexity index is 1420. The summed E-state index contributed by atoms with van der Waals surface area (Å²) < 4.78 is 17.3. The molecule has 0 saturated heterocycles. The van der Waals surface area contributed by atoms with Crippen molar-refractivity contribution in [2.75, 3.05) is 41.0 Å². The monoisotopic (exact) mass is 905 g/mol. The van der Waals surface area contributed by atoms with E-state index in [4.69, 9.17) is 14.2 Å². The second-order valence-electron chi connectivity index (χ2n) is 17.7. The Kier molecular flexibility index (Phi) is 43.6. The van der Waals surface area contributed by atoms with Gasteiger partial charge in [0.15, 0.2) is 12.1 Å². The Balaban J connectivity index is 4.36. The van der Waals surface area contributed by atoms with Crippen LogP contribution in [0.3, 0.4) is 0 Å². The summed E-state index contributed by atoms with van der Waals surface area (Å²) in [5.41, 5.74) is 0. The van der Waals surface area contributed by atoms with Crippen molar-refractivity contribution in [3.63, 3.8) is 0 Å². The number of carboxylic acids is 1. The van der Waals surface area contributed by atoms with E-state index in [-0.39, 0.29) is 42.7 Å². The molecule has 0 aliphatic heterocycles. The van der Waals surface area contributed by atoms with Crippen LogP contribution < -0.4 is 0 Å². The third-order valence-corrected chi connectivity index (χ3v) is 10.7. The number of allylic oxidation sites excluding steroid dienone is 18. The SMILES string of the molecule is CC/C=C/C/C=C/C/C=C/C/C=C/C/C=C/C/C=C/CCCC(=O)OCC(COCCC(C(=O)O)[N+](C)(C)C)OC(=O)CCCCCCCCCCCCC/C=C/C/C=C/C/C=C/CC.